The lowest BCUT2D eigenvalue weighted by atomic mass is 9.86. The Morgan fingerprint density at radius 1 is 1.14 bits per heavy atom. The fourth-order valence-corrected chi connectivity index (χ4v) is 3.71. The molecule has 1 atom stereocenters. The molecule has 0 radical (unpaired) electrons. The zero-order valence-electron chi connectivity index (χ0n) is 17.6. The van der Waals surface area contributed by atoms with E-state index in [0.717, 1.165) is 17.7 Å². The summed E-state index contributed by atoms with van der Waals surface area (Å²) in [5.74, 6) is 1.17. The van der Waals surface area contributed by atoms with E-state index in [9.17, 15) is 4.79 Å². The number of nitrogens with zero attached hydrogens (tertiary/aromatic N) is 1. The molecule has 4 heteroatoms. The Morgan fingerprint density at radius 2 is 1.86 bits per heavy atom. The Labute approximate surface area is 168 Å². The first-order chi connectivity index (χ1) is 13.2. The summed E-state index contributed by atoms with van der Waals surface area (Å²) in [7, 11) is 0. The van der Waals surface area contributed by atoms with Crippen LogP contribution in [-0.4, -0.2) is 23.1 Å². The van der Waals surface area contributed by atoms with Crippen LogP contribution < -0.4 is 4.74 Å². The van der Waals surface area contributed by atoms with Gasteiger partial charge in [0.25, 0.3) is 0 Å². The van der Waals surface area contributed by atoms with Crippen molar-refractivity contribution in [3.05, 3.63) is 65.2 Å². The molecule has 1 amide bonds. The zero-order valence-corrected chi connectivity index (χ0v) is 17.6. The van der Waals surface area contributed by atoms with Crippen LogP contribution in [0.2, 0.25) is 0 Å². The van der Waals surface area contributed by atoms with E-state index < -0.39 is 5.60 Å². The predicted molar refractivity (Wildman–Crippen MR) is 111 cm³/mol. The Bertz CT molecular complexity index is 808. The summed E-state index contributed by atoms with van der Waals surface area (Å²) < 4.78 is 11.6. The highest BCUT2D eigenvalue weighted by molar-refractivity contribution is 5.69. The van der Waals surface area contributed by atoms with Crippen molar-refractivity contribution in [2.75, 3.05) is 6.54 Å². The number of benzene rings is 2. The highest BCUT2D eigenvalue weighted by Gasteiger charge is 2.35. The van der Waals surface area contributed by atoms with Crippen LogP contribution in [0, 0.1) is 5.92 Å². The average molecular weight is 382 g/mol. The van der Waals surface area contributed by atoms with Gasteiger partial charge in [-0.1, -0.05) is 50.2 Å². The third kappa shape index (κ3) is 4.86. The third-order valence-electron chi connectivity index (χ3n) is 4.90. The zero-order chi connectivity index (χ0) is 20.3. The number of hydrogen-bond donors (Lipinski definition) is 0. The maximum atomic E-state index is 12.7. The average Bonchev–Trinajstić information content (AvgIpc) is 2.64. The lowest BCUT2D eigenvalue weighted by molar-refractivity contribution is 0.00876. The summed E-state index contributed by atoms with van der Waals surface area (Å²) in [6.07, 6.45) is 0.571. The van der Waals surface area contributed by atoms with Gasteiger partial charge in [-0.3, -0.25) is 0 Å². The largest absolute Gasteiger partial charge is 0.489 e. The normalized spacial score (nSPS) is 16.6. The van der Waals surface area contributed by atoms with Gasteiger partial charge in [-0.2, -0.15) is 0 Å². The minimum absolute atomic E-state index is 0.0155. The highest BCUT2D eigenvalue weighted by atomic mass is 16.6. The van der Waals surface area contributed by atoms with Gasteiger partial charge in [0.15, 0.2) is 0 Å². The van der Waals surface area contributed by atoms with Crippen molar-refractivity contribution in [2.24, 2.45) is 5.92 Å². The van der Waals surface area contributed by atoms with Gasteiger partial charge >= 0.3 is 6.09 Å². The van der Waals surface area contributed by atoms with E-state index in [2.05, 4.69) is 38.1 Å². The SMILES string of the molecule is CC(C)C1c2ccc(OCc3ccccc3)cc2CCN1C(=O)OC(C)(C)C. The van der Waals surface area contributed by atoms with E-state index >= 15 is 0 Å². The van der Waals surface area contributed by atoms with Gasteiger partial charge in [0.2, 0.25) is 0 Å². The molecule has 2 aromatic carbocycles. The molecule has 0 N–H and O–H groups in total. The quantitative estimate of drug-likeness (QED) is 0.676. The first-order valence-electron chi connectivity index (χ1n) is 10.0. The fourth-order valence-electron chi connectivity index (χ4n) is 3.71. The number of amides is 1. The van der Waals surface area contributed by atoms with Crippen LogP contribution in [0.3, 0.4) is 0 Å². The molecule has 2 aromatic rings. The third-order valence-corrected chi connectivity index (χ3v) is 4.90. The van der Waals surface area contributed by atoms with Gasteiger partial charge < -0.3 is 14.4 Å². The maximum absolute atomic E-state index is 12.7. The van der Waals surface area contributed by atoms with Crippen molar-refractivity contribution in [2.45, 2.75) is 59.3 Å². The molecule has 1 unspecified atom stereocenters. The molecule has 0 aliphatic carbocycles. The number of ether oxygens (including phenoxy) is 2. The maximum Gasteiger partial charge on any atom is 0.410 e. The van der Waals surface area contributed by atoms with E-state index in [1.54, 1.807) is 0 Å². The molecule has 0 bridgehead atoms. The topological polar surface area (TPSA) is 38.8 Å². The molecule has 1 aliphatic heterocycles. The van der Waals surface area contributed by atoms with Gasteiger partial charge in [0.1, 0.15) is 18.0 Å². The molecule has 0 aromatic heterocycles. The molecular formula is C24H31NO3. The summed E-state index contributed by atoms with van der Waals surface area (Å²) in [5, 5.41) is 0. The number of fused-ring (bicyclic) bond motifs is 1. The summed E-state index contributed by atoms with van der Waals surface area (Å²) in [6, 6.07) is 16.4. The van der Waals surface area contributed by atoms with Crippen LogP contribution in [-0.2, 0) is 17.8 Å². The lowest BCUT2D eigenvalue weighted by Crippen LogP contribution is -2.44. The van der Waals surface area contributed by atoms with Gasteiger partial charge in [-0.15, -0.1) is 0 Å². The summed E-state index contributed by atoms with van der Waals surface area (Å²) in [6.45, 7) is 11.2. The van der Waals surface area contributed by atoms with Crippen LogP contribution in [0.15, 0.2) is 48.5 Å². The van der Waals surface area contributed by atoms with Crippen LogP contribution in [0.25, 0.3) is 0 Å². The van der Waals surface area contributed by atoms with Gasteiger partial charge in [0.05, 0.1) is 6.04 Å². The van der Waals surface area contributed by atoms with E-state index in [-0.39, 0.29) is 12.1 Å². The summed E-state index contributed by atoms with van der Waals surface area (Å²) >= 11 is 0. The Balaban J connectivity index is 1.78. The molecular weight excluding hydrogens is 350 g/mol. The first-order valence-corrected chi connectivity index (χ1v) is 10.0. The standard InChI is InChI=1S/C24H31NO3/c1-17(2)22-21-12-11-20(27-16-18-9-7-6-8-10-18)15-19(21)13-14-25(22)23(26)28-24(3,4)5/h6-12,15,17,22H,13-14,16H2,1-5H3. The number of hydrogen-bond acceptors (Lipinski definition) is 3. The first kappa shape index (κ1) is 20.2. The lowest BCUT2D eigenvalue weighted by Gasteiger charge is -2.40. The van der Waals surface area contributed by atoms with Crippen LogP contribution in [0.1, 0.15) is 57.4 Å². The molecule has 28 heavy (non-hydrogen) atoms. The minimum atomic E-state index is -0.492. The van der Waals surface area contributed by atoms with Crippen LogP contribution in [0.4, 0.5) is 4.79 Å². The molecule has 0 fully saturated rings. The van der Waals surface area contributed by atoms with Crippen molar-refractivity contribution < 1.29 is 14.3 Å². The Kier molecular flexibility index (Phi) is 5.97. The van der Waals surface area contributed by atoms with Gasteiger partial charge in [-0.25, -0.2) is 4.79 Å². The number of carbonyl (C=O) groups excluding carboxylic acids is 1. The molecule has 0 spiro atoms. The fraction of sp³-hybridized carbons (Fsp3) is 0.458. The van der Waals surface area contributed by atoms with Crippen molar-refractivity contribution in [3.8, 4) is 5.75 Å². The molecule has 150 valence electrons. The molecule has 3 rings (SSSR count). The monoisotopic (exact) mass is 381 g/mol. The number of carbonyl (C=O) groups is 1. The van der Waals surface area contributed by atoms with Gasteiger partial charge in [0, 0.05) is 6.54 Å². The predicted octanol–water partition coefficient (Wildman–Crippen LogP) is 5.76. The van der Waals surface area contributed by atoms with Crippen molar-refractivity contribution in [1.29, 1.82) is 0 Å². The van der Waals surface area contributed by atoms with E-state index in [0.29, 0.717) is 19.1 Å². The number of rotatable bonds is 4. The summed E-state index contributed by atoms with van der Waals surface area (Å²) in [4.78, 5) is 14.6. The molecule has 1 aliphatic rings. The van der Waals surface area contributed by atoms with E-state index in [1.165, 1.54) is 11.1 Å². The van der Waals surface area contributed by atoms with E-state index in [1.807, 2.05) is 49.9 Å². The van der Waals surface area contributed by atoms with Crippen molar-refractivity contribution >= 4 is 6.09 Å². The second kappa shape index (κ2) is 8.26. The Morgan fingerprint density at radius 3 is 2.50 bits per heavy atom. The molecule has 1 heterocycles. The Hall–Kier alpha value is -2.49. The molecule has 0 saturated carbocycles. The second-order valence-corrected chi connectivity index (χ2v) is 8.75. The summed E-state index contributed by atoms with van der Waals surface area (Å²) in [5.41, 5.74) is 3.10. The van der Waals surface area contributed by atoms with Crippen LogP contribution >= 0.6 is 0 Å². The highest BCUT2D eigenvalue weighted by Crippen LogP contribution is 2.37. The second-order valence-electron chi connectivity index (χ2n) is 8.75. The van der Waals surface area contributed by atoms with Crippen molar-refractivity contribution in [1.82, 2.24) is 4.90 Å². The van der Waals surface area contributed by atoms with Gasteiger partial charge in [-0.05, 0) is 61.9 Å². The van der Waals surface area contributed by atoms with Crippen molar-refractivity contribution in [3.63, 3.8) is 0 Å². The van der Waals surface area contributed by atoms with E-state index in [4.69, 9.17) is 9.47 Å². The smallest absolute Gasteiger partial charge is 0.410 e. The molecule has 4 nitrogen and oxygen atoms in total. The minimum Gasteiger partial charge on any atom is -0.489 e. The van der Waals surface area contributed by atoms with Crippen LogP contribution in [0.5, 0.6) is 5.75 Å². The molecule has 0 saturated heterocycles.